The number of rotatable bonds is 6. The van der Waals surface area contributed by atoms with Gasteiger partial charge in [0, 0.05) is 0 Å². The van der Waals surface area contributed by atoms with Crippen LogP contribution in [-0.2, 0) is 0 Å². The van der Waals surface area contributed by atoms with Crippen LogP contribution < -0.4 is 0 Å². The Hall–Kier alpha value is 0.700. The number of thiol groups is 2. The predicted octanol–water partition coefficient (Wildman–Crippen LogP) is 2.74. The van der Waals surface area contributed by atoms with Crippen LogP contribution in [0.1, 0.15) is 26.7 Å². The Labute approximate surface area is 73.5 Å². The Morgan fingerprint density at radius 2 is 1.90 bits per heavy atom. The normalized spacial score (nSPS) is 15.3. The number of hydrogen-bond acceptors (Lipinski definition) is 1. The second-order valence-corrected chi connectivity index (χ2v) is 5.83. The Balaban J connectivity index is 3.21. The zero-order chi connectivity index (χ0) is 7.82. The van der Waals surface area contributed by atoms with Gasteiger partial charge in [-0.1, -0.05) is 20.3 Å². The van der Waals surface area contributed by atoms with Crippen molar-refractivity contribution in [2.45, 2.75) is 26.7 Å². The van der Waals surface area contributed by atoms with E-state index < -0.39 is 0 Å². The summed E-state index contributed by atoms with van der Waals surface area (Å²) in [6, 6.07) is 0. The summed E-state index contributed by atoms with van der Waals surface area (Å²) in [5, 5.41) is 0. The minimum Gasteiger partial charge on any atom is -0.253 e. The summed E-state index contributed by atoms with van der Waals surface area (Å²) in [4.78, 5) is 0. The first-order valence-corrected chi connectivity index (χ1v) is 6.71. The molecule has 0 rings (SSSR count). The van der Waals surface area contributed by atoms with E-state index in [4.69, 9.17) is 0 Å². The molecule has 0 aromatic heterocycles. The lowest BCUT2D eigenvalue weighted by Gasteiger charge is -2.17. The molecule has 2 heteroatoms. The van der Waals surface area contributed by atoms with Crippen LogP contribution in [0.15, 0.2) is 0 Å². The molecule has 10 heavy (non-hydrogen) atoms. The zero-order valence-electron chi connectivity index (χ0n) is 7.14. The maximum Gasteiger partial charge on any atom is -0.00236 e. The van der Waals surface area contributed by atoms with Gasteiger partial charge in [0.05, 0.1) is 0 Å². The molecule has 0 saturated heterocycles. The van der Waals surface area contributed by atoms with Crippen molar-refractivity contribution in [3.8, 4) is 0 Å². The summed E-state index contributed by atoms with van der Waals surface area (Å²) in [7, 11) is 0.359. The van der Waals surface area contributed by atoms with Crippen LogP contribution in [0.3, 0.4) is 0 Å². The molecule has 0 aromatic rings. The fourth-order valence-corrected chi connectivity index (χ4v) is 3.70. The largest absolute Gasteiger partial charge is 0.253 e. The fraction of sp³-hybridized carbons (Fsp3) is 1.00. The van der Waals surface area contributed by atoms with Gasteiger partial charge in [0.2, 0.25) is 0 Å². The standard InChI is InChI=1S/C8H20S2/c1-3-5-7-10(4-2)8-6-9/h9-10H,3-8H2,1-2H3. The Bertz CT molecular complexity index is 64.3. The lowest BCUT2D eigenvalue weighted by atomic mass is 10.4. The molecule has 1 atom stereocenters. The highest BCUT2D eigenvalue weighted by atomic mass is 32.2. The average molecular weight is 180 g/mol. The topological polar surface area (TPSA) is 0 Å². The Morgan fingerprint density at radius 1 is 1.20 bits per heavy atom. The summed E-state index contributed by atoms with van der Waals surface area (Å²) in [6.45, 7) is 4.58. The minimum absolute atomic E-state index is 0.359. The molecule has 0 aliphatic carbocycles. The molecule has 0 aliphatic heterocycles. The highest BCUT2D eigenvalue weighted by Crippen LogP contribution is 2.25. The van der Waals surface area contributed by atoms with Crippen LogP contribution in [0.5, 0.6) is 0 Å². The average Bonchev–Trinajstić information content (AvgIpc) is 1.98. The molecule has 0 amide bonds. The van der Waals surface area contributed by atoms with E-state index in [1.165, 1.54) is 30.1 Å². The third kappa shape index (κ3) is 5.48. The van der Waals surface area contributed by atoms with Gasteiger partial charge in [-0.15, -0.1) is 0 Å². The second-order valence-electron chi connectivity index (χ2n) is 2.51. The maximum atomic E-state index is 4.25. The third-order valence-electron chi connectivity index (χ3n) is 1.69. The maximum absolute atomic E-state index is 4.25. The molecule has 0 N–H and O–H groups in total. The third-order valence-corrected chi connectivity index (χ3v) is 4.97. The van der Waals surface area contributed by atoms with E-state index in [9.17, 15) is 0 Å². The Kier molecular flexibility index (Phi) is 8.35. The van der Waals surface area contributed by atoms with Gasteiger partial charge in [-0.3, -0.25) is 10.9 Å². The highest BCUT2D eigenvalue weighted by molar-refractivity contribution is 8.17. The van der Waals surface area contributed by atoms with E-state index in [0.29, 0.717) is 10.9 Å². The van der Waals surface area contributed by atoms with Crippen molar-refractivity contribution in [2.24, 2.45) is 0 Å². The summed E-state index contributed by atoms with van der Waals surface area (Å²) < 4.78 is 0. The predicted molar refractivity (Wildman–Crippen MR) is 58.0 cm³/mol. The van der Waals surface area contributed by atoms with E-state index in [0.717, 1.165) is 5.75 Å². The molecular weight excluding hydrogens is 160 g/mol. The second kappa shape index (κ2) is 7.80. The molecular formula is C8H20S2. The lowest BCUT2D eigenvalue weighted by molar-refractivity contribution is 0.893. The van der Waals surface area contributed by atoms with E-state index in [1.807, 2.05) is 0 Å². The minimum atomic E-state index is 0.359. The van der Waals surface area contributed by atoms with Crippen LogP contribution >= 0.6 is 23.5 Å². The van der Waals surface area contributed by atoms with E-state index in [-0.39, 0.29) is 0 Å². The van der Waals surface area contributed by atoms with Gasteiger partial charge in [-0.2, -0.15) is 12.6 Å². The summed E-state index contributed by atoms with van der Waals surface area (Å²) in [6.07, 6.45) is 2.78. The van der Waals surface area contributed by atoms with Crippen LogP contribution in [0.2, 0.25) is 0 Å². The molecule has 0 saturated carbocycles. The first-order chi connectivity index (χ1) is 4.85. The fourth-order valence-electron chi connectivity index (χ4n) is 0.951. The quantitative estimate of drug-likeness (QED) is 0.577. The van der Waals surface area contributed by atoms with Gasteiger partial charge in [0.25, 0.3) is 0 Å². The van der Waals surface area contributed by atoms with Gasteiger partial charge in [0.15, 0.2) is 0 Å². The van der Waals surface area contributed by atoms with E-state index in [2.05, 4.69) is 26.5 Å². The van der Waals surface area contributed by atoms with Crippen molar-refractivity contribution >= 4 is 23.5 Å². The van der Waals surface area contributed by atoms with E-state index in [1.54, 1.807) is 0 Å². The van der Waals surface area contributed by atoms with Crippen molar-refractivity contribution in [2.75, 3.05) is 23.0 Å². The Morgan fingerprint density at radius 3 is 2.30 bits per heavy atom. The molecule has 64 valence electrons. The van der Waals surface area contributed by atoms with E-state index >= 15 is 0 Å². The van der Waals surface area contributed by atoms with Crippen LogP contribution in [0.4, 0.5) is 0 Å². The van der Waals surface area contributed by atoms with Crippen molar-refractivity contribution in [1.82, 2.24) is 0 Å². The molecule has 0 radical (unpaired) electrons. The van der Waals surface area contributed by atoms with Crippen LogP contribution in [-0.4, -0.2) is 23.0 Å². The molecule has 1 unspecified atom stereocenters. The summed E-state index contributed by atoms with van der Waals surface area (Å²) in [5.74, 6) is 5.33. The monoisotopic (exact) mass is 180 g/mol. The molecule has 0 aromatic carbocycles. The van der Waals surface area contributed by atoms with Gasteiger partial charge < -0.3 is 0 Å². The smallest absolute Gasteiger partial charge is 0.00236 e. The van der Waals surface area contributed by atoms with Gasteiger partial charge in [-0.25, -0.2) is 0 Å². The van der Waals surface area contributed by atoms with Gasteiger partial charge in [0.1, 0.15) is 0 Å². The van der Waals surface area contributed by atoms with Crippen molar-refractivity contribution in [3.05, 3.63) is 0 Å². The van der Waals surface area contributed by atoms with Gasteiger partial charge >= 0.3 is 0 Å². The molecule has 0 aliphatic rings. The molecule has 0 nitrogen and oxygen atoms in total. The highest BCUT2D eigenvalue weighted by Gasteiger charge is 1.97. The van der Waals surface area contributed by atoms with Crippen LogP contribution in [0.25, 0.3) is 0 Å². The first-order valence-electron chi connectivity index (χ1n) is 4.18. The number of hydrogen-bond donors (Lipinski definition) is 2. The first kappa shape index (κ1) is 10.7. The van der Waals surface area contributed by atoms with Crippen molar-refractivity contribution in [3.63, 3.8) is 0 Å². The lowest BCUT2D eigenvalue weighted by Crippen LogP contribution is -1.97. The SMILES string of the molecule is CCCC[SH](CC)CCS. The molecule has 0 heterocycles. The summed E-state index contributed by atoms with van der Waals surface area (Å²) in [5.41, 5.74) is 0. The number of unbranched alkanes of at least 4 members (excludes halogenated alkanes) is 1. The molecule has 0 bridgehead atoms. The molecule has 0 fully saturated rings. The van der Waals surface area contributed by atoms with Gasteiger partial charge in [-0.05, 0) is 29.4 Å². The zero-order valence-corrected chi connectivity index (χ0v) is 8.93. The molecule has 0 spiro atoms. The van der Waals surface area contributed by atoms with Crippen molar-refractivity contribution in [1.29, 1.82) is 0 Å². The van der Waals surface area contributed by atoms with Crippen molar-refractivity contribution < 1.29 is 0 Å². The van der Waals surface area contributed by atoms with Crippen LogP contribution in [0, 0.1) is 0 Å². The summed E-state index contributed by atoms with van der Waals surface area (Å²) >= 11 is 4.25.